The van der Waals surface area contributed by atoms with Crippen molar-refractivity contribution in [3.8, 4) is 33.6 Å². The number of pyridine rings is 1. The number of hydrogen-bond donors (Lipinski definition) is 0. The lowest BCUT2D eigenvalue weighted by molar-refractivity contribution is -0.793. The Morgan fingerprint density at radius 1 is 0.568 bits per heavy atom. The summed E-state index contributed by atoms with van der Waals surface area (Å²) in [6.07, 6.45) is 3.01. The number of halogens is 2. The number of benzene rings is 4. The molecular formula is C34H30F2N+. The zero-order chi connectivity index (χ0) is 25.7. The topological polar surface area (TPSA) is 3.88 Å². The summed E-state index contributed by atoms with van der Waals surface area (Å²) in [6.45, 7) is 2.13. The van der Waals surface area contributed by atoms with Crippen molar-refractivity contribution < 1.29 is 13.3 Å². The molecule has 0 saturated heterocycles. The van der Waals surface area contributed by atoms with Gasteiger partial charge in [0.2, 0.25) is 11.4 Å². The van der Waals surface area contributed by atoms with Crippen molar-refractivity contribution in [2.24, 2.45) is 0 Å². The molecular weight excluding hydrogens is 460 g/mol. The Bertz CT molecular complexity index is 1380. The van der Waals surface area contributed by atoms with Crippen molar-refractivity contribution >= 4 is 0 Å². The largest absolute Gasteiger partial charge is 0.490 e. The van der Waals surface area contributed by atoms with Crippen molar-refractivity contribution in [2.75, 3.05) is 0 Å². The number of hydrogen-bond acceptors (Lipinski definition) is 0. The molecule has 1 nitrogen and oxygen atoms in total. The average Bonchev–Trinajstić information content (AvgIpc) is 2.97. The number of nitrogens with zero attached hydrogens (tertiary/aromatic N) is 1. The van der Waals surface area contributed by atoms with Crippen LogP contribution in [0.3, 0.4) is 0 Å². The lowest BCUT2D eigenvalue weighted by atomic mass is 9.98. The second-order valence-corrected chi connectivity index (χ2v) is 9.29. The number of rotatable bonds is 8. The molecule has 1 aromatic heterocycles. The standard InChI is InChI=1S/C34H30F2N/c1-2-3-13-26-20-22-31(23-21-26)34(35,36)37-32(28-16-9-5-10-17-28)24-30(27-14-7-4-8-15-27)25-33(37)29-18-11-6-12-19-29/h4-12,14-25H,2-3,13H2,1H3/q+1. The second kappa shape index (κ2) is 10.9. The van der Waals surface area contributed by atoms with Crippen LogP contribution < -0.4 is 4.57 Å². The van der Waals surface area contributed by atoms with E-state index in [-0.39, 0.29) is 5.56 Å². The van der Waals surface area contributed by atoms with Crippen LogP contribution in [0.15, 0.2) is 127 Å². The predicted molar refractivity (Wildman–Crippen MR) is 147 cm³/mol. The van der Waals surface area contributed by atoms with E-state index in [1.165, 1.54) is 4.57 Å². The molecule has 0 spiro atoms. The Labute approximate surface area is 217 Å². The van der Waals surface area contributed by atoms with Crippen molar-refractivity contribution in [1.29, 1.82) is 0 Å². The van der Waals surface area contributed by atoms with Gasteiger partial charge in [-0.15, -0.1) is 13.3 Å². The minimum atomic E-state index is -3.28. The quantitative estimate of drug-likeness (QED) is 0.191. The summed E-state index contributed by atoms with van der Waals surface area (Å²) in [6, 6.07) is 36.1. The zero-order valence-electron chi connectivity index (χ0n) is 20.9. The fourth-order valence-corrected chi connectivity index (χ4v) is 4.72. The Kier molecular flexibility index (Phi) is 7.23. The Hall–Kier alpha value is -4.11. The van der Waals surface area contributed by atoms with Crippen LogP contribution in [0.1, 0.15) is 30.9 Å². The van der Waals surface area contributed by atoms with Crippen LogP contribution >= 0.6 is 0 Å². The van der Waals surface area contributed by atoms with Crippen LogP contribution in [0, 0.1) is 0 Å². The maximum atomic E-state index is 16.7. The summed E-state index contributed by atoms with van der Waals surface area (Å²) in [5.74, 6) is 0. The molecule has 0 aliphatic heterocycles. The van der Waals surface area contributed by atoms with Gasteiger partial charge in [-0.25, -0.2) is 0 Å². The zero-order valence-corrected chi connectivity index (χ0v) is 20.9. The van der Waals surface area contributed by atoms with Gasteiger partial charge in [0.1, 0.15) is 0 Å². The normalized spacial score (nSPS) is 11.4. The SMILES string of the molecule is CCCCc1ccc(C(F)(F)[n+]2c(-c3ccccc3)cc(-c3ccccc3)cc2-c2ccccc2)cc1. The number of aryl methyl sites for hydroxylation is 1. The first-order valence-corrected chi connectivity index (χ1v) is 12.8. The molecule has 3 heteroatoms. The molecule has 5 aromatic rings. The molecule has 0 fully saturated rings. The van der Waals surface area contributed by atoms with Crippen molar-refractivity contribution in [3.05, 3.63) is 139 Å². The minimum absolute atomic E-state index is 0.0282. The smallest absolute Gasteiger partial charge is 0.134 e. The van der Waals surface area contributed by atoms with Crippen LogP contribution in [-0.4, -0.2) is 0 Å². The molecule has 0 amide bonds. The van der Waals surface area contributed by atoms with Gasteiger partial charge < -0.3 is 0 Å². The van der Waals surface area contributed by atoms with Gasteiger partial charge in [-0.2, -0.15) is 0 Å². The van der Waals surface area contributed by atoms with Gasteiger partial charge in [0.05, 0.1) is 5.56 Å². The number of aromatic nitrogens is 1. The highest BCUT2D eigenvalue weighted by Crippen LogP contribution is 2.35. The lowest BCUT2D eigenvalue weighted by Gasteiger charge is -2.19. The molecule has 0 saturated carbocycles. The lowest BCUT2D eigenvalue weighted by Crippen LogP contribution is -2.54. The van der Waals surface area contributed by atoms with Crippen LogP contribution in [0.25, 0.3) is 33.6 Å². The minimum Gasteiger partial charge on any atom is -0.134 e. The van der Waals surface area contributed by atoms with Crippen LogP contribution in [0.4, 0.5) is 8.78 Å². The summed E-state index contributed by atoms with van der Waals surface area (Å²) >= 11 is 0. The summed E-state index contributed by atoms with van der Waals surface area (Å²) in [5, 5.41) is 0. The average molecular weight is 491 g/mol. The van der Waals surface area contributed by atoms with E-state index < -0.39 is 6.05 Å². The summed E-state index contributed by atoms with van der Waals surface area (Å²) in [5.41, 5.74) is 5.31. The first kappa shape index (κ1) is 24.6. The third kappa shape index (κ3) is 5.22. The molecule has 0 aliphatic carbocycles. The molecule has 0 N–H and O–H groups in total. The molecule has 4 aromatic carbocycles. The van der Waals surface area contributed by atoms with Gasteiger partial charge in [-0.3, -0.25) is 0 Å². The van der Waals surface area contributed by atoms with Gasteiger partial charge in [0.25, 0.3) is 0 Å². The van der Waals surface area contributed by atoms with E-state index in [1.54, 1.807) is 12.1 Å². The van der Waals surface area contributed by atoms with Crippen molar-refractivity contribution in [3.63, 3.8) is 0 Å². The Balaban J connectivity index is 1.77. The van der Waals surface area contributed by atoms with Gasteiger partial charge in [0.15, 0.2) is 0 Å². The Morgan fingerprint density at radius 2 is 1.03 bits per heavy atom. The maximum Gasteiger partial charge on any atom is 0.490 e. The molecule has 0 unspecified atom stereocenters. The molecule has 184 valence electrons. The van der Waals surface area contributed by atoms with Crippen LogP contribution in [0.2, 0.25) is 0 Å². The highest BCUT2D eigenvalue weighted by Gasteiger charge is 2.48. The number of alkyl halides is 2. The fraction of sp³-hybridized carbons (Fsp3) is 0.147. The van der Waals surface area contributed by atoms with E-state index in [2.05, 4.69) is 6.92 Å². The highest BCUT2D eigenvalue weighted by atomic mass is 19.3. The molecule has 5 rings (SSSR count). The Morgan fingerprint density at radius 3 is 1.49 bits per heavy atom. The third-order valence-corrected chi connectivity index (χ3v) is 6.71. The first-order valence-electron chi connectivity index (χ1n) is 12.8. The van der Waals surface area contributed by atoms with Gasteiger partial charge in [-0.1, -0.05) is 92.2 Å². The van der Waals surface area contributed by atoms with Crippen molar-refractivity contribution in [1.82, 2.24) is 0 Å². The highest BCUT2D eigenvalue weighted by molar-refractivity contribution is 5.73. The maximum absolute atomic E-state index is 16.7. The molecule has 1 heterocycles. The monoisotopic (exact) mass is 490 g/mol. The first-order chi connectivity index (χ1) is 18.1. The molecule has 37 heavy (non-hydrogen) atoms. The predicted octanol–water partition coefficient (Wildman–Crippen LogP) is 8.92. The van der Waals surface area contributed by atoms with Crippen LogP contribution in [-0.2, 0) is 12.5 Å². The van der Waals surface area contributed by atoms with Gasteiger partial charge in [-0.05, 0) is 65.9 Å². The van der Waals surface area contributed by atoms with E-state index in [1.807, 2.05) is 115 Å². The molecule has 0 bridgehead atoms. The fourth-order valence-electron chi connectivity index (χ4n) is 4.72. The van der Waals surface area contributed by atoms with Crippen molar-refractivity contribution in [2.45, 2.75) is 32.2 Å². The van der Waals surface area contributed by atoms with E-state index >= 15 is 8.78 Å². The summed E-state index contributed by atoms with van der Waals surface area (Å²) in [7, 11) is 0. The van der Waals surface area contributed by atoms with Gasteiger partial charge in [0, 0.05) is 23.3 Å². The van der Waals surface area contributed by atoms with Gasteiger partial charge >= 0.3 is 6.05 Å². The second-order valence-electron chi connectivity index (χ2n) is 9.29. The third-order valence-electron chi connectivity index (χ3n) is 6.71. The van der Waals surface area contributed by atoms with E-state index in [0.717, 1.165) is 47.1 Å². The molecule has 0 atom stereocenters. The molecule has 0 aliphatic rings. The van der Waals surface area contributed by atoms with E-state index in [0.29, 0.717) is 11.4 Å². The number of unbranched alkanes of at least 4 members (excludes halogenated alkanes) is 1. The summed E-state index contributed by atoms with van der Waals surface area (Å²) in [4.78, 5) is 0. The van der Waals surface area contributed by atoms with E-state index in [4.69, 9.17) is 0 Å². The van der Waals surface area contributed by atoms with E-state index in [9.17, 15) is 0 Å². The molecule has 0 radical (unpaired) electrons. The van der Waals surface area contributed by atoms with Crippen LogP contribution in [0.5, 0.6) is 0 Å². The summed E-state index contributed by atoms with van der Waals surface area (Å²) < 4.78 is 34.5.